The van der Waals surface area contributed by atoms with E-state index in [0.717, 1.165) is 36.2 Å². The number of ether oxygens (including phenoxy) is 1. The van der Waals surface area contributed by atoms with Crippen LogP contribution in [-0.2, 0) is 6.42 Å². The van der Waals surface area contributed by atoms with Crippen LogP contribution in [0.5, 0.6) is 5.75 Å². The van der Waals surface area contributed by atoms with Gasteiger partial charge in [-0.25, -0.2) is 0 Å². The summed E-state index contributed by atoms with van der Waals surface area (Å²) in [6.07, 6.45) is 17.3. The van der Waals surface area contributed by atoms with Gasteiger partial charge in [0.1, 0.15) is 5.75 Å². The van der Waals surface area contributed by atoms with E-state index in [9.17, 15) is 13.2 Å². The molecule has 1 aromatic carbocycles. The maximum absolute atomic E-state index is 12.2. The summed E-state index contributed by atoms with van der Waals surface area (Å²) in [5.74, 6) is 3.23. The molecule has 0 aliphatic heterocycles. The van der Waals surface area contributed by atoms with Gasteiger partial charge in [-0.05, 0) is 112 Å². The third-order valence-corrected chi connectivity index (χ3v) is 6.93. The van der Waals surface area contributed by atoms with Gasteiger partial charge in [0, 0.05) is 0 Å². The molecule has 4 heteroatoms. The highest BCUT2D eigenvalue weighted by molar-refractivity contribution is 5.27. The molecule has 2 aliphatic rings. The highest BCUT2D eigenvalue weighted by Crippen LogP contribution is 2.41. The number of halogens is 3. The number of benzene rings is 1. The number of alkyl halides is 3. The van der Waals surface area contributed by atoms with Crippen LogP contribution in [0.3, 0.4) is 0 Å². The molecular formula is C26H35F3O. The highest BCUT2D eigenvalue weighted by Gasteiger charge is 2.31. The van der Waals surface area contributed by atoms with Gasteiger partial charge in [0.2, 0.25) is 0 Å². The van der Waals surface area contributed by atoms with Gasteiger partial charge in [-0.2, -0.15) is 0 Å². The van der Waals surface area contributed by atoms with Gasteiger partial charge in [-0.15, -0.1) is 13.2 Å². The summed E-state index contributed by atoms with van der Waals surface area (Å²) in [7, 11) is 0. The van der Waals surface area contributed by atoms with Crippen LogP contribution in [0.2, 0.25) is 0 Å². The highest BCUT2D eigenvalue weighted by atomic mass is 19.4. The summed E-state index contributed by atoms with van der Waals surface area (Å²) in [6.45, 7) is 2.13. The van der Waals surface area contributed by atoms with Gasteiger partial charge >= 0.3 is 6.36 Å². The second kappa shape index (κ2) is 11.1. The van der Waals surface area contributed by atoms with E-state index in [-0.39, 0.29) is 5.75 Å². The maximum atomic E-state index is 12.2. The minimum absolute atomic E-state index is 0.158. The van der Waals surface area contributed by atoms with Crippen LogP contribution in [0.15, 0.2) is 48.6 Å². The van der Waals surface area contributed by atoms with Crippen molar-refractivity contribution in [2.75, 3.05) is 0 Å². The predicted octanol–water partition coefficient (Wildman–Crippen LogP) is 8.26. The lowest BCUT2D eigenvalue weighted by Gasteiger charge is -2.36. The Hall–Kier alpha value is -1.71. The van der Waals surface area contributed by atoms with Crippen molar-refractivity contribution in [3.05, 3.63) is 54.1 Å². The average Bonchev–Trinajstić information content (AvgIpc) is 2.73. The van der Waals surface area contributed by atoms with Gasteiger partial charge in [-0.3, -0.25) is 0 Å². The molecule has 0 amide bonds. The van der Waals surface area contributed by atoms with Crippen molar-refractivity contribution in [3.63, 3.8) is 0 Å². The molecule has 0 saturated heterocycles. The maximum Gasteiger partial charge on any atom is 0.573 e. The minimum Gasteiger partial charge on any atom is -0.406 e. The van der Waals surface area contributed by atoms with Crippen molar-refractivity contribution >= 4 is 0 Å². The number of aryl methyl sites for hydroxylation is 1. The molecule has 0 radical (unpaired) electrons. The normalized spacial score (nSPS) is 28.3. The van der Waals surface area contributed by atoms with Crippen LogP contribution in [0.4, 0.5) is 13.2 Å². The predicted molar refractivity (Wildman–Crippen MR) is 116 cm³/mol. The minimum atomic E-state index is -4.63. The standard InChI is InChI=1S/C26H35F3O/c1-2-5-20-8-14-23(15-9-20)24-16-10-21(11-17-24)6-3-4-7-22-12-18-25(19-13-22)30-26(27,28)29/h2-3,5-6,12-13,18-21,23-24H,4,7-11,14-17H2,1H3/b5-2+,6-3+/t20-,21?,23-,24?. The topological polar surface area (TPSA) is 9.23 Å². The molecule has 0 spiro atoms. The summed E-state index contributed by atoms with van der Waals surface area (Å²) in [4.78, 5) is 0. The van der Waals surface area contributed by atoms with Crippen molar-refractivity contribution in [1.82, 2.24) is 0 Å². The third kappa shape index (κ3) is 7.52. The van der Waals surface area contributed by atoms with E-state index >= 15 is 0 Å². The molecule has 2 saturated carbocycles. The number of rotatable bonds is 7. The van der Waals surface area contributed by atoms with Crippen LogP contribution in [0, 0.1) is 23.7 Å². The van der Waals surface area contributed by atoms with Crippen LogP contribution in [-0.4, -0.2) is 6.36 Å². The fraction of sp³-hybridized carbons (Fsp3) is 0.615. The Labute approximate surface area is 179 Å². The zero-order valence-electron chi connectivity index (χ0n) is 18.0. The molecule has 0 heterocycles. The molecule has 3 rings (SSSR count). The Bertz CT molecular complexity index is 673. The van der Waals surface area contributed by atoms with Crippen LogP contribution >= 0.6 is 0 Å². The Balaban J connectivity index is 1.33. The lowest BCUT2D eigenvalue weighted by Crippen LogP contribution is -2.25. The molecular weight excluding hydrogens is 385 g/mol. The van der Waals surface area contributed by atoms with Crippen LogP contribution in [0.25, 0.3) is 0 Å². The van der Waals surface area contributed by atoms with E-state index in [1.807, 2.05) is 0 Å². The Morgan fingerprint density at radius 3 is 1.87 bits per heavy atom. The van der Waals surface area contributed by atoms with Crippen LogP contribution < -0.4 is 4.74 Å². The zero-order chi connectivity index (χ0) is 21.4. The van der Waals surface area contributed by atoms with E-state index in [1.165, 1.54) is 63.5 Å². The summed E-state index contributed by atoms with van der Waals surface area (Å²) >= 11 is 0. The smallest absolute Gasteiger partial charge is 0.406 e. The third-order valence-electron chi connectivity index (χ3n) is 6.93. The lowest BCUT2D eigenvalue weighted by molar-refractivity contribution is -0.274. The number of hydrogen-bond donors (Lipinski definition) is 0. The van der Waals surface area contributed by atoms with Gasteiger partial charge in [0.05, 0.1) is 0 Å². The van der Waals surface area contributed by atoms with Crippen molar-refractivity contribution in [1.29, 1.82) is 0 Å². The summed E-state index contributed by atoms with van der Waals surface area (Å²) in [5, 5.41) is 0. The van der Waals surface area contributed by atoms with E-state index in [1.54, 1.807) is 12.1 Å². The summed E-state index contributed by atoms with van der Waals surface area (Å²) < 4.78 is 40.5. The van der Waals surface area contributed by atoms with Crippen molar-refractivity contribution < 1.29 is 17.9 Å². The monoisotopic (exact) mass is 420 g/mol. The van der Waals surface area contributed by atoms with Crippen molar-refractivity contribution in [2.24, 2.45) is 23.7 Å². The number of allylic oxidation sites excluding steroid dienone is 4. The van der Waals surface area contributed by atoms with Crippen molar-refractivity contribution in [3.8, 4) is 5.75 Å². The molecule has 166 valence electrons. The summed E-state index contributed by atoms with van der Waals surface area (Å²) in [5.41, 5.74) is 1.03. The Kier molecular flexibility index (Phi) is 8.47. The van der Waals surface area contributed by atoms with E-state index < -0.39 is 6.36 Å². The molecule has 1 aromatic rings. The molecule has 0 aromatic heterocycles. The SMILES string of the molecule is C/C=C/[C@H]1CC[C@H](C2CCC(/C=C/CCc3ccc(OC(F)(F)F)cc3)CC2)CC1. The van der Waals surface area contributed by atoms with Gasteiger partial charge in [0.25, 0.3) is 0 Å². The molecule has 0 bridgehead atoms. The largest absolute Gasteiger partial charge is 0.573 e. The lowest BCUT2D eigenvalue weighted by atomic mass is 9.69. The van der Waals surface area contributed by atoms with Crippen molar-refractivity contribution in [2.45, 2.75) is 77.5 Å². The first-order chi connectivity index (χ1) is 14.4. The zero-order valence-corrected chi connectivity index (χ0v) is 18.0. The molecule has 1 nitrogen and oxygen atoms in total. The van der Waals surface area contributed by atoms with E-state index in [2.05, 4.69) is 36.0 Å². The molecule has 2 fully saturated rings. The first kappa shape index (κ1) is 23.0. The second-order valence-corrected chi connectivity index (χ2v) is 9.03. The second-order valence-electron chi connectivity index (χ2n) is 9.03. The molecule has 2 aliphatic carbocycles. The first-order valence-corrected chi connectivity index (χ1v) is 11.6. The van der Waals surface area contributed by atoms with Gasteiger partial charge < -0.3 is 4.74 Å². The van der Waals surface area contributed by atoms with Gasteiger partial charge in [0.15, 0.2) is 0 Å². The molecule has 0 N–H and O–H groups in total. The molecule has 0 atom stereocenters. The quantitative estimate of drug-likeness (QED) is 0.403. The van der Waals surface area contributed by atoms with Crippen LogP contribution in [0.1, 0.15) is 70.3 Å². The van der Waals surface area contributed by atoms with Gasteiger partial charge in [-0.1, -0.05) is 36.4 Å². The summed E-state index contributed by atoms with van der Waals surface area (Å²) in [6, 6.07) is 6.20. The fourth-order valence-electron chi connectivity index (χ4n) is 5.29. The first-order valence-electron chi connectivity index (χ1n) is 11.6. The van der Waals surface area contributed by atoms with E-state index in [4.69, 9.17) is 0 Å². The Morgan fingerprint density at radius 1 is 0.833 bits per heavy atom. The average molecular weight is 421 g/mol. The molecule has 0 unspecified atom stereocenters. The number of hydrogen-bond acceptors (Lipinski definition) is 1. The molecule has 30 heavy (non-hydrogen) atoms. The Morgan fingerprint density at radius 2 is 1.37 bits per heavy atom. The fourth-order valence-corrected chi connectivity index (χ4v) is 5.29. The van der Waals surface area contributed by atoms with E-state index in [0.29, 0.717) is 5.92 Å².